The van der Waals surface area contributed by atoms with Crippen LogP contribution in [0.3, 0.4) is 0 Å². The molecule has 35 heavy (non-hydrogen) atoms. The number of alkyl halides is 3. The lowest BCUT2D eigenvalue weighted by Crippen LogP contribution is -2.54. The highest BCUT2D eigenvalue weighted by atomic mass is 35.5. The van der Waals surface area contributed by atoms with Crippen molar-refractivity contribution >= 4 is 17.6 Å². The highest BCUT2D eigenvalue weighted by Crippen LogP contribution is 2.37. The second-order valence-electron chi connectivity index (χ2n) is 8.49. The molecule has 1 aliphatic rings. The van der Waals surface area contributed by atoms with Crippen molar-refractivity contribution in [3.8, 4) is 0 Å². The molecule has 0 unspecified atom stereocenters. The van der Waals surface area contributed by atoms with Gasteiger partial charge in [0.05, 0.1) is 22.7 Å². The Morgan fingerprint density at radius 2 is 1.89 bits per heavy atom. The zero-order chi connectivity index (χ0) is 25.2. The molecule has 1 aliphatic carbocycles. The summed E-state index contributed by atoms with van der Waals surface area (Å²) in [5.74, 6) is -0.838. The molecular formula is C23H22ClF4N5O2. The number of halogens is 5. The minimum atomic E-state index is -4.83. The first-order chi connectivity index (χ1) is 16.5. The second kappa shape index (κ2) is 9.80. The number of amides is 2. The van der Waals surface area contributed by atoms with E-state index in [0.29, 0.717) is 6.07 Å². The van der Waals surface area contributed by atoms with Crippen LogP contribution in [0.2, 0.25) is 5.02 Å². The highest BCUT2D eigenvalue weighted by Gasteiger charge is 2.42. The Hall–Kier alpha value is -3.21. The number of carbonyl (C=O) groups is 1. The molecule has 2 aromatic heterocycles. The summed E-state index contributed by atoms with van der Waals surface area (Å²) in [6.45, 7) is 1.57. The van der Waals surface area contributed by atoms with E-state index in [1.54, 1.807) is 6.92 Å². The lowest BCUT2D eigenvalue weighted by molar-refractivity contribution is -0.137. The number of nitrogens with one attached hydrogen (secondary N) is 2. The number of pyridine rings is 1. The van der Waals surface area contributed by atoms with Crippen LogP contribution < -0.4 is 10.6 Å². The smallest absolute Gasteiger partial charge is 0.339 e. The molecule has 186 valence electrons. The predicted octanol–water partition coefficient (Wildman–Crippen LogP) is 5.31. The molecule has 1 atom stereocenters. The molecule has 3 aromatic rings. The topological polar surface area (TPSA) is 92.9 Å². The van der Waals surface area contributed by atoms with E-state index in [9.17, 15) is 22.4 Å². The van der Waals surface area contributed by atoms with Gasteiger partial charge >= 0.3 is 12.2 Å². The van der Waals surface area contributed by atoms with E-state index < -0.39 is 29.1 Å². The number of carbonyl (C=O) groups excluding carboxylic acids is 1. The van der Waals surface area contributed by atoms with Gasteiger partial charge in [-0.3, -0.25) is 4.98 Å². The van der Waals surface area contributed by atoms with Gasteiger partial charge in [-0.1, -0.05) is 29.6 Å². The Kier molecular flexibility index (Phi) is 6.98. The summed E-state index contributed by atoms with van der Waals surface area (Å²) in [5.41, 5.74) is -3.10. The molecule has 0 bridgehead atoms. The van der Waals surface area contributed by atoms with Crippen molar-refractivity contribution in [3.63, 3.8) is 0 Å². The fourth-order valence-corrected chi connectivity index (χ4v) is 4.38. The quantitative estimate of drug-likeness (QED) is 0.437. The molecule has 7 nitrogen and oxygen atoms in total. The van der Waals surface area contributed by atoms with Crippen LogP contribution in [0, 0.1) is 12.7 Å². The fraction of sp³-hybridized carbons (Fsp3) is 0.391. The summed E-state index contributed by atoms with van der Waals surface area (Å²) in [4.78, 5) is 21.5. The van der Waals surface area contributed by atoms with Crippen LogP contribution in [0.15, 0.2) is 41.1 Å². The van der Waals surface area contributed by atoms with E-state index >= 15 is 0 Å². The first kappa shape index (κ1) is 24.9. The van der Waals surface area contributed by atoms with Crippen molar-refractivity contribution in [3.05, 3.63) is 75.9 Å². The zero-order valence-electron chi connectivity index (χ0n) is 18.6. The first-order valence-corrected chi connectivity index (χ1v) is 11.3. The van der Waals surface area contributed by atoms with Gasteiger partial charge in [0.2, 0.25) is 5.89 Å². The summed E-state index contributed by atoms with van der Waals surface area (Å²) in [5, 5.41) is 9.60. The number of benzene rings is 1. The molecule has 2 N–H and O–H groups in total. The van der Waals surface area contributed by atoms with Crippen LogP contribution >= 0.6 is 11.6 Å². The van der Waals surface area contributed by atoms with E-state index in [4.69, 9.17) is 16.1 Å². The first-order valence-electron chi connectivity index (χ1n) is 10.9. The number of aryl methyl sites for hydroxylation is 1. The summed E-state index contributed by atoms with van der Waals surface area (Å²) in [7, 11) is 0. The Bertz CT molecular complexity index is 1200. The molecule has 1 saturated carbocycles. The summed E-state index contributed by atoms with van der Waals surface area (Å²) >= 11 is 5.99. The third kappa shape index (κ3) is 5.72. The van der Waals surface area contributed by atoms with E-state index in [-0.39, 0.29) is 40.5 Å². The molecule has 12 heteroatoms. The molecule has 0 radical (unpaired) electrons. The molecule has 0 spiro atoms. The zero-order valence-corrected chi connectivity index (χ0v) is 19.4. The van der Waals surface area contributed by atoms with Crippen molar-refractivity contribution in [2.45, 2.75) is 56.8 Å². The summed E-state index contributed by atoms with van der Waals surface area (Å²) in [6.07, 6.45) is -0.374. The van der Waals surface area contributed by atoms with Crippen molar-refractivity contribution in [2.24, 2.45) is 0 Å². The third-order valence-electron chi connectivity index (χ3n) is 5.89. The number of hydrogen-bond donors (Lipinski definition) is 2. The standard InChI is InChI=1S/C23H22ClF4N5O2/c1-13-30-20(35-33-13)11-22(19-7-6-16(24)12-29-19,32-21(34)31-18-4-2-3-5-18)14-8-15(23(26,27)28)10-17(25)9-14/h6-10,12,18H,2-5,11H2,1H3,(H2,31,32,34)/t22-/m1/s1. The number of aromatic nitrogens is 3. The second-order valence-corrected chi connectivity index (χ2v) is 8.92. The van der Waals surface area contributed by atoms with E-state index in [2.05, 4.69) is 25.8 Å². The van der Waals surface area contributed by atoms with E-state index in [1.165, 1.54) is 18.3 Å². The molecule has 0 aliphatic heterocycles. The lowest BCUT2D eigenvalue weighted by atomic mass is 9.82. The van der Waals surface area contributed by atoms with Gasteiger partial charge in [-0.05, 0) is 55.7 Å². The van der Waals surface area contributed by atoms with Gasteiger partial charge in [-0.2, -0.15) is 18.2 Å². The van der Waals surface area contributed by atoms with Crippen LogP contribution in [0.4, 0.5) is 22.4 Å². The Labute approximate surface area is 203 Å². The van der Waals surface area contributed by atoms with Gasteiger partial charge in [0.15, 0.2) is 5.82 Å². The monoisotopic (exact) mass is 511 g/mol. The van der Waals surface area contributed by atoms with Crippen LogP contribution in [0.25, 0.3) is 0 Å². The number of hydrogen-bond acceptors (Lipinski definition) is 5. The minimum Gasteiger partial charge on any atom is -0.339 e. The highest BCUT2D eigenvalue weighted by molar-refractivity contribution is 6.30. The molecule has 1 aromatic carbocycles. The lowest BCUT2D eigenvalue weighted by Gasteiger charge is -2.35. The van der Waals surface area contributed by atoms with Gasteiger partial charge in [-0.15, -0.1) is 0 Å². The maximum absolute atomic E-state index is 14.6. The van der Waals surface area contributed by atoms with Crippen LogP contribution in [0.5, 0.6) is 0 Å². The maximum Gasteiger partial charge on any atom is 0.416 e. The maximum atomic E-state index is 14.6. The summed E-state index contributed by atoms with van der Waals surface area (Å²) in [6, 6.07) is 4.26. The molecular weight excluding hydrogens is 490 g/mol. The molecule has 2 heterocycles. The van der Waals surface area contributed by atoms with Crippen molar-refractivity contribution in [2.75, 3.05) is 0 Å². The Morgan fingerprint density at radius 1 is 1.17 bits per heavy atom. The van der Waals surface area contributed by atoms with Gasteiger partial charge < -0.3 is 15.2 Å². The van der Waals surface area contributed by atoms with Crippen LogP contribution in [-0.4, -0.2) is 27.2 Å². The van der Waals surface area contributed by atoms with Gasteiger partial charge in [-0.25, -0.2) is 9.18 Å². The summed E-state index contributed by atoms with van der Waals surface area (Å²) < 4.78 is 60.6. The molecule has 1 fully saturated rings. The van der Waals surface area contributed by atoms with Crippen molar-refractivity contribution < 1.29 is 26.9 Å². The van der Waals surface area contributed by atoms with Gasteiger partial charge in [0.1, 0.15) is 11.4 Å². The Balaban J connectivity index is 1.88. The van der Waals surface area contributed by atoms with E-state index in [0.717, 1.165) is 37.8 Å². The fourth-order valence-electron chi connectivity index (χ4n) is 4.27. The molecule has 2 amide bonds. The van der Waals surface area contributed by atoms with E-state index in [1.807, 2.05) is 0 Å². The predicted molar refractivity (Wildman–Crippen MR) is 118 cm³/mol. The largest absolute Gasteiger partial charge is 0.416 e. The van der Waals surface area contributed by atoms with Crippen LogP contribution in [-0.2, 0) is 18.1 Å². The molecule has 0 saturated heterocycles. The number of nitrogens with zero attached hydrogens (tertiary/aromatic N) is 3. The average molecular weight is 512 g/mol. The number of urea groups is 1. The van der Waals surface area contributed by atoms with Crippen molar-refractivity contribution in [1.29, 1.82) is 0 Å². The Morgan fingerprint density at radius 3 is 2.49 bits per heavy atom. The number of rotatable bonds is 6. The SMILES string of the molecule is Cc1noc(C[C@@](NC(=O)NC2CCCC2)(c2cc(F)cc(C(F)(F)F)c2)c2ccc(Cl)cn2)n1. The van der Waals surface area contributed by atoms with Gasteiger partial charge in [0.25, 0.3) is 0 Å². The molecule has 4 rings (SSSR count). The minimum absolute atomic E-state index is 0.0123. The van der Waals surface area contributed by atoms with Crippen molar-refractivity contribution in [1.82, 2.24) is 25.8 Å². The average Bonchev–Trinajstić information content (AvgIpc) is 3.44. The van der Waals surface area contributed by atoms with Gasteiger partial charge in [0, 0.05) is 12.2 Å². The normalized spacial score (nSPS) is 16.2. The third-order valence-corrected chi connectivity index (χ3v) is 6.11. The van der Waals surface area contributed by atoms with Crippen LogP contribution in [0.1, 0.15) is 54.2 Å².